The molecule has 37 heavy (non-hydrogen) atoms. The second kappa shape index (κ2) is 12.1. The van der Waals surface area contributed by atoms with Gasteiger partial charge in [0.15, 0.2) is 0 Å². The highest BCUT2D eigenvalue weighted by Crippen LogP contribution is 2.38. The normalized spacial score (nSPS) is 11.8. The molecule has 1 aromatic heterocycles. The Morgan fingerprint density at radius 3 is 2.49 bits per heavy atom. The van der Waals surface area contributed by atoms with Crippen LogP contribution in [0.2, 0.25) is 5.02 Å². The number of carbonyl (C=O) groups is 2. The Labute approximate surface area is 225 Å². The Balaban J connectivity index is 1.55. The van der Waals surface area contributed by atoms with Crippen LogP contribution in [0, 0.1) is 0 Å². The van der Waals surface area contributed by atoms with Crippen molar-refractivity contribution in [2.24, 2.45) is 0 Å². The van der Waals surface area contributed by atoms with Gasteiger partial charge in [-0.1, -0.05) is 48.0 Å². The first-order valence-electron chi connectivity index (χ1n) is 11.7. The van der Waals surface area contributed by atoms with Crippen LogP contribution in [0.1, 0.15) is 38.8 Å². The van der Waals surface area contributed by atoms with Crippen LogP contribution in [-0.4, -0.2) is 46.7 Å². The van der Waals surface area contributed by atoms with Crippen molar-refractivity contribution in [2.75, 3.05) is 19.8 Å². The predicted octanol–water partition coefficient (Wildman–Crippen LogP) is 6.47. The summed E-state index contributed by atoms with van der Waals surface area (Å²) in [4.78, 5) is 29.9. The summed E-state index contributed by atoms with van der Waals surface area (Å²) >= 11 is 7.71. The molecule has 0 aliphatic heterocycles. The van der Waals surface area contributed by atoms with Crippen molar-refractivity contribution in [3.8, 4) is 5.75 Å². The molecular formula is C29H27ClN2O4S. The maximum Gasteiger partial charge on any atom is 0.335 e. The van der Waals surface area contributed by atoms with Crippen LogP contribution in [-0.2, 0) is 11.4 Å². The zero-order valence-electron chi connectivity index (χ0n) is 20.6. The number of carboxylic acid groups (broad SMARTS) is 1. The lowest BCUT2D eigenvalue weighted by Crippen LogP contribution is -2.22. The first-order valence-corrected chi connectivity index (χ1v) is 13.2. The summed E-state index contributed by atoms with van der Waals surface area (Å²) in [6, 6.07) is 24.2. The molecule has 6 nitrogen and oxygen atoms in total. The van der Waals surface area contributed by atoms with Crippen LogP contribution in [0.15, 0.2) is 78.9 Å². The summed E-state index contributed by atoms with van der Waals surface area (Å²) in [5.74, 6) is 0.337. The number of rotatable bonds is 10. The predicted molar refractivity (Wildman–Crippen MR) is 149 cm³/mol. The van der Waals surface area contributed by atoms with Crippen molar-refractivity contribution in [3.63, 3.8) is 0 Å². The van der Waals surface area contributed by atoms with E-state index in [0.717, 1.165) is 27.7 Å². The quantitative estimate of drug-likeness (QED) is 0.251. The van der Waals surface area contributed by atoms with Crippen LogP contribution in [0.3, 0.4) is 0 Å². The molecule has 3 aromatic carbocycles. The van der Waals surface area contributed by atoms with Gasteiger partial charge in [0.25, 0.3) is 0 Å². The molecule has 0 saturated carbocycles. The van der Waals surface area contributed by atoms with E-state index in [1.165, 1.54) is 0 Å². The van der Waals surface area contributed by atoms with Crippen LogP contribution >= 0.6 is 23.4 Å². The standard InChI is InChI=1S/C29H27ClN2O4S/c1-32(2)27(33)13-14-37-28(20-5-3-7-22(15-20)29(34)35)21-6-4-8-25(16-21)36-18-24-12-10-19-9-11-23(30)17-26(19)31-24/h3-12,15-17,28H,13-14,18H2,1-2H3,(H,34,35). The van der Waals surface area contributed by atoms with E-state index in [9.17, 15) is 14.7 Å². The van der Waals surface area contributed by atoms with Crippen molar-refractivity contribution >= 4 is 46.1 Å². The zero-order valence-corrected chi connectivity index (χ0v) is 22.1. The van der Waals surface area contributed by atoms with Crippen molar-refractivity contribution in [2.45, 2.75) is 18.3 Å². The molecule has 4 aromatic rings. The van der Waals surface area contributed by atoms with Crippen molar-refractivity contribution < 1.29 is 19.4 Å². The lowest BCUT2D eigenvalue weighted by atomic mass is 10.0. The second-order valence-electron chi connectivity index (χ2n) is 8.72. The van der Waals surface area contributed by atoms with E-state index in [1.807, 2.05) is 60.7 Å². The Morgan fingerprint density at radius 2 is 1.73 bits per heavy atom. The number of thioether (sulfide) groups is 1. The van der Waals surface area contributed by atoms with E-state index >= 15 is 0 Å². The molecule has 1 N–H and O–H groups in total. The Morgan fingerprint density at radius 1 is 1.00 bits per heavy atom. The molecule has 1 amide bonds. The lowest BCUT2D eigenvalue weighted by Gasteiger charge is -2.20. The molecule has 0 saturated heterocycles. The van der Waals surface area contributed by atoms with Crippen molar-refractivity contribution in [1.82, 2.24) is 9.88 Å². The van der Waals surface area contributed by atoms with Gasteiger partial charge in [-0.3, -0.25) is 4.79 Å². The molecule has 0 aliphatic rings. The number of benzene rings is 3. The Hall–Kier alpha value is -3.55. The third-order valence-corrected chi connectivity index (χ3v) is 7.35. The SMILES string of the molecule is CN(C)C(=O)CCSC(c1cccc(OCc2ccc3ccc(Cl)cc3n2)c1)c1cccc(C(=O)O)c1. The number of hydrogen-bond acceptors (Lipinski definition) is 5. The first-order chi connectivity index (χ1) is 17.8. The van der Waals surface area contributed by atoms with Gasteiger partial charge in [-0.25, -0.2) is 9.78 Å². The zero-order chi connectivity index (χ0) is 26.4. The lowest BCUT2D eigenvalue weighted by molar-refractivity contribution is -0.128. The number of ether oxygens (including phenoxy) is 1. The van der Waals surface area contributed by atoms with Crippen LogP contribution in [0.4, 0.5) is 0 Å². The third kappa shape index (κ3) is 7.02. The number of aromatic nitrogens is 1. The highest BCUT2D eigenvalue weighted by Gasteiger charge is 2.18. The molecule has 0 radical (unpaired) electrons. The fourth-order valence-electron chi connectivity index (χ4n) is 3.84. The number of nitrogens with zero attached hydrogens (tertiary/aromatic N) is 2. The highest BCUT2D eigenvalue weighted by atomic mass is 35.5. The highest BCUT2D eigenvalue weighted by molar-refractivity contribution is 7.99. The van der Waals surface area contributed by atoms with Gasteiger partial charge in [0.1, 0.15) is 12.4 Å². The summed E-state index contributed by atoms with van der Waals surface area (Å²) in [5, 5.41) is 11.0. The van der Waals surface area contributed by atoms with Gasteiger partial charge >= 0.3 is 5.97 Å². The fourth-order valence-corrected chi connectivity index (χ4v) is 5.22. The molecule has 8 heteroatoms. The number of amides is 1. The van der Waals surface area contributed by atoms with Gasteiger partial charge in [-0.2, -0.15) is 0 Å². The molecular weight excluding hydrogens is 508 g/mol. The van der Waals surface area contributed by atoms with Gasteiger partial charge in [0.05, 0.1) is 22.0 Å². The Bertz CT molecular complexity index is 1430. The monoisotopic (exact) mass is 534 g/mol. The third-order valence-electron chi connectivity index (χ3n) is 5.79. The van der Waals surface area contributed by atoms with Crippen LogP contribution in [0.25, 0.3) is 10.9 Å². The molecule has 0 aliphatic carbocycles. The van der Waals surface area contributed by atoms with E-state index in [1.54, 1.807) is 49.0 Å². The molecule has 1 unspecified atom stereocenters. The van der Waals surface area contributed by atoms with Gasteiger partial charge in [0.2, 0.25) is 5.91 Å². The summed E-state index contributed by atoms with van der Waals surface area (Å²) in [6.45, 7) is 0.287. The van der Waals surface area contributed by atoms with E-state index in [-0.39, 0.29) is 23.3 Å². The molecule has 0 fully saturated rings. The molecule has 4 rings (SSSR count). The topological polar surface area (TPSA) is 79.7 Å². The fraction of sp³-hybridized carbons (Fsp3) is 0.207. The summed E-state index contributed by atoms with van der Waals surface area (Å²) < 4.78 is 6.07. The molecule has 1 atom stereocenters. The molecule has 1 heterocycles. The smallest absolute Gasteiger partial charge is 0.335 e. The second-order valence-corrected chi connectivity index (χ2v) is 10.4. The number of pyridine rings is 1. The first kappa shape index (κ1) is 26.5. The van der Waals surface area contributed by atoms with E-state index in [0.29, 0.717) is 22.9 Å². The number of hydrogen-bond donors (Lipinski definition) is 1. The molecule has 190 valence electrons. The van der Waals surface area contributed by atoms with E-state index < -0.39 is 5.97 Å². The summed E-state index contributed by atoms with van der Waals surface area (Å²) in [5.41, 5.74) is 3.63. The average molecular weight is 535 g/mol. The number of fused-ring (bicyclic) bond motifs is 1. The number of carboxylic acids is 1. The average Bonchev–Trinajstić information content (AvgIpc) is 2.89. The van der Waals surface area contributed by atoms with Crippen LogP contribution in [0.5, 0.6) is 5.75 Å². The number of halogens is 1. The minimum atomic E-state index is -0.977. The Kier molecular flexibility index (Phi) is 8.69. The maximum absolute atomic E-state index is 12.1. The van der Waals surface area contributed by atoms with Crippen molar-refractivity contribution in [1.29, 1.82) is 0 Å². The molecule has 0 spiro atoms. The van der Waals surface area contributed by atoms with Crippen LogP contribution < -0.4 is 4.74 Å². The van der Waals surface area contributed by atoms with Gasteiger partial charge < -0.3 is 14.7 Å². The largest absolute Gasteiger partial charge is 0.487 e. The van der Waals surface area contributed by atoms with Gasteiger partial charge in [-0.05, 0) is 53.6 Å². The van der Waals surface area contributed by atoms with Gasteiger partial charge in [0, 0.05) is 36.7 Å². The van der Waals surface area contributed by atoms with Gasteiger partial charge in [-0.15, -0.1) is 11.8 Å². The molecule has 0 bridgehead atoms. The van der Waals surface area contributed by atoms with Crippen molar-refractivity contribution in [3.05, 3.63) is 106 Å². The summed E-state index contributed by atoms with van der Waals surface area (Å²) in [6.07, 6.45) is 0.390. The minimum absolute atomic E-state index is 0.0480. The summed E-state index contributed by atoms with van der Waals surface area (Å²) in [7, 11) is 3.47. The minimum Gasteiger partial charge on any atom is -0.487 e. The number of aromatic carboxylic acids is 1. The maximum atomic E-state index is 12.1. The van der Waals surface area contributed by atoms with E-state index in [2.05, 4.69) is 4.98 Å². The van der Waals surface area contributed by atoms with E-state index in [4.69, 9.17) is 16.3 Å². The number of carbonyl (C=O) groups excluding carboxylic acids is 1.